The molecule has 8 heteroatoms. The Balaban J connectivity index is 1.76. The van der Waals surface area contributed by atoms with Crippen LogP contribution in [-0.4, -0.2) is 64.9 Å². The van der Waals surface area contributed by atoms with Crippen LogP contribution in [-0.2, 0) is 9.59 Å². The van der Waals surface area contributed by atoms with E-state index in [4.69, 9.17) is 4.52 Å². The van der Waals surface area contributed by atoms with Crippen LogP contribution in [0.4, 0.5) is 0 Å². The number of likely N-dealkylation sites (N-methyl/N-ethyl adjacent to an activating group) is 1. The lowest BCUT2D eigenvalue weighted by atomic mass is 10.0. The molecule has 0 radical (unpaired) electrons. The van der Waals surface area contributed by atoms with Crippen LogP contribution in [0.2, 0.25) is 0 Å². The molecule has 0 aromatic carbocycles. The first-order valence-electron chi connectivity index (χ1n) is 7.23. The second-order valence-corrected chi connectivity index (χ2v) is 5.71. The number of likely N-dealkylation sites (tertiary alicyclic amines) is 2. The average molecular weight is 306 g/mol. The number of rotatable bonds is 2. The zero-order chi connectivity index (χ0) is 15.9. The largest absolute Gasteiger partial charge is 0.357 e. The number of nitrogens with zero attached hydrogens (tertiary/aromatic N) is 3. The van der Waals surface area contributed by atoms with Gasteiger partial charge >= 0.3 is 0 Å². The maximum Gasteiger partial charge on any atom is 0.292 e. The second kappa shape index (κ2) is 5.43. The van der Waals surface area contributed by atoms with Gasteiger partial charge in [0.15, 0.2) is 0 Å². The topological polar surface area (TPSA) is 95.8 Å². The van der Waals surface area contributed by atoms with E-state index >= 15 is 0 Å². The van der Waals surface area contributed by atoms with Crippen LogP contribution in [0.15, 0.2) is 16.8 Å². The highest BCUT2D eigenvalue weighted by Crippen LogP contribution is 2.36. The van der Waals surface area contributed by atoms with Crippen LogP contribution in [0, 0.1) is 5.92 Å². The summed E-state index contributed by atoms with van der Waals surface area (Å²) in [6.45, 7) is 2.39. The number of amides is 3. The van der Waals surface area contributed by atoms with Crippen molar-refractivity contribution in [1.29, 1.82) is 0 Å². The highest BCUT2D eigenvalue weighted by molar-refractivity contribution is 5.92. The minimum atomic E-state index is -0.444. The van der Waals surface area contributed by atoms with Gasteiger partial charge in [0.2, 0.25) is 17.6 Å². The van der Waals surface area contributed by atoms with E-state index in [9.17, 15) is 14.4 Å². The molecule has 2 saturated heterocycles. The second-order valence-electron chi connectivity index (χ2n) is 5.71. The average Bonchev–Trinajstić information content (AvgIpc) is 3.19. The maximum absolute atomic E-state index is 12.3. The molecule has 3 atom stereocenters. The molecule has 118 valence electrons. The van der Waals surface area contributed by atoms with Crippen LogP contribution >= 0.6 is 0 Å². The summed E-state index contributed by atoms with van der Waals surface area (Å²) in [7, 11) is 1.56. The van der Waals surface area contributed by atoms with E-state index in [0.29, 0.717) is 19.5 Å². The van der Waals surface area contributed by atoms with Crippen LogP contribution in [0.5, 0.6) is 0 Å². The van der Waals surface area contributed by atoms with Gasteiger partial charge in [-0.3, -0.25) is 14.4 Å². The summed E-state index contributed by atoms with van der Waals surface area (Å²) in [5.74, 6) is -0.227. The lowest BCUT2D eigenvalue weighted by Crippen LogP contribution is -2.49. The molecular weight excluding hydrogens is 288 g/mol. The molecule has 2 fully saturated rings. The molecule has 1 aromatic rings. The van der Waals surface area contributed by atoms with Crippen molar-refractivity contribution in [2.24, 2.45) is 5.92 Å². The van der Waals surface area contributed by atoms with Gasteiger partial charge in [0.05, 0.1) is 12.2 Å². The summed E-state index contributed by atoms with van der Waals surface area (Å²) in [6.07, 6.45) is 2.00. The molecule has 3 heterocycles. The minimum Gasteiger partial charge on any atom is -0.357 e. The summed E-state index contributed by atoms with van der Waals surface area (Å²) >= 11 is 0. The summed E-state index contributed by atoms with van der Waals surface area (Å²) < 4.78 is 4.90. The Morgan fingerprint density at radius 1 is 1.36 bits per heavy atom. The first-order chi connectivity index (χ1) is 10.5. The number of hydrogen-bond donors (Lipinski definition) is 1. The smallest absolute Gasteiger partial charge is 0.292 e. The van der Waals surface area contributed by atoms with Gasteiger partial charge in [0.25, 0.3) is 5.91 Å². The number of carbonyl (C=O) groups is 3. The molecule has 2 aliphatic rings. The number of hydrogen-bond acceptors (Lipinski definition) is 5. The van der Waals surface area contributed by atoms with Gasteiger partial charge in [-0.1, -0.05) is 5.16 Å². The zero-order valence-electron chi connectivity index (χ0n) is 12.5. The van der Waals surface area contributed by atoms with Crippen LogP contribution in [0.1, 0.15) is 23.9 Å². The zero-order valence-corrected chi connectivity index (χ0v) is 12.5. The quantitative estimate of drug-likeness (QED) is 0.793. The fourth-order valence-electron chi connectivity index (χ4n) is 3.53. The lowest BCUT2D eigenvalue weighted by Gasteiger charge is -2.28. The van der Waals surface area contributed by atoms with Crippen molar-refractivity contribution in [2.45, 2.75) is 25.4 Å². The fraction of sp³-hybridized carbons (Fsp3) is 0.571. The van der Waals surface area contributed by atoms with Crippen molar-refractivity contribution in [3.8, 4) is 0 Å². The van der Waals surface area contributed by atoms with Crippen molar-refractivity contribution >= 4 is 17.7 Å². The summed E-state index contributed by atoms with van der Waals surface area (Å²) in [4.78, 5) is 39.5. The van der Waals surface area contributed by atoms with Crippen LogP contribution < -0.4 is 5.32 Å². The Kier molecular flexibility index (Phi) is 3.59. The fourth-order valence-corrected chi connectivity index (χ4v) is 3.53. The minimum absolute atomic E-state index is 0.109. The third-order valence-corrected chi connectivity index (χ3v) is 4.47. The summed E-state index contributed by atoms with van der Waals surface area (Å²) in [5.41, 5.74) is 0. The molecule has 22 heavy (non-hydrogen) atoms. The standard InChI is InChI=1S/C14H18N4O4/c1-8(19)18-10(13(20)15-2)5-9-6-17(7-11(9)18)14(21)12-3-4-16-22-12/h3-4,9-11H,5-7H2,1-2H3,(H,15,20)/t9-,10-,11+/m0/s1. The van der Waals surface area contributed by atoms with Crippen molar-refractivity contribution in [3.63, 3.8) is 0 Å². The van der Waals surface area contributed by atoms with Crippen molar-refractivity contribution in [2.75, 3.05) is 20.1 Å². The third kappa shape index (κ3) is 2.24. The molecule has 0 spiro atoms. The van der Waals surface area contributed by atoms with Gasteiger partial charge in [0.1, 0.15) is 6.04 Å². The molecule has 3 amide bonds. The van der Waals surface area contributed by atoms with Crippen LogP contribution in [0.25, 0.3) is 0 Å². The van der Waals surface area contributed by atoms with E-state index in [1.807, 2.05) is 0 Å². The molecule has 0 unspecified atom stereocenters. The summed E-state index contributed by atoms with van der Waals surface area (Å²) in [5, 5.41) is 6.14. The predicted octanol–water partition coefficient (Wildman–Crippen LogP) is -0.518. The number of nitrogens with one attached hydrogen (secondary N) is 1. The van der Waals surface area contributed by atoms with E-state index in [0.717, 1.165) is 0 Å². The number of carbonyl (C=O) groups excluding carboxylic acids is 3. The third-order valence-electron chi connectivity index (χ3n) is 4.47. The van der Waals surface area contributed by atoms with E-state index in [-0.39, 0.29) is 35.4 Å². The lowest BCUT2D eigenvalue weighted by molar-refractivity contribution is -0.138. The normalized spacial score (nSPS) is 26.9. The molecule has 1 N–H and O–H groups in total. The van der Waals surface area contributed by atoms with Gasteiger partial charge in [-0.15, -0.1) is 0 Å². The Labute approximate surface area is 127 Å². The molecule has 1 aromatic heterocycles. The molecule has 0 aliphatic carbocycles. The van der Waals surface area contributed by atoms with Gasteiger partial charge in [0, 0.05) is 39.0 Å². The van der Waals surface area contributed by atoms with Gasteiger partial charge in [-0.05, 0) is 6.42 Å². The van der Waals surface area contributed by atoms with E-state index in [1.165, 1.54) is 19.2 Å². The van der Waals surface area contributed by atoms with E-state index in [1.54, 1.807) is 16.8 Å². The number of fused-ring (bicyclic) bond motifs is 1. The Hall–Kier alpha value is -2.38. The highest BCUT2D eigenvalue weighted by atomic mass is 16.5. The number of aromatic nitrogens is 1. The Bertz CT molecular complexity index is 600. The first kappa shape index (κ1) is 14.6. The molecule has 8 nitrogen and oxygen atoms in total. The molecule has 0 bridgehead atoms. The van der Waals surface area contributed by atoms with Gasteiger partial charge < -0.3 is 19.6 Å². The van der Waals surface area contributed by atoms with Crippen molar-refractivity contribution < 1.29 is 18.9 Å². The summed E-state index contributed by atoms with van der Waals surface area (Å²) in [6, 6.07) is 0.957. The molecule has 2 aliphatic heterocycles. The maximum atomic E-state index is 12.3. The SMILES string of the molecule is CNC(=O)[C@@H]1C[C@H]2CN(C(=O)c3ccno3)C[C@H]2N1C(C)=O. The van der Waals surface area contributed by atoms with Crippen molar-refractivity contribution in [3.05, 3.63) is 18.0 Å². The monoisotopic (exact) mass is 306 g/mol. The highest BCUT2D eigenvalue weighted by Gasteiger charge is 2.51. The van der Waals surface area contributed by atoms with Crippen LogP contribution in [0.3, 0.4) is 0 Å². The predicted molar refractivity (Wildman–Crippen MR) is 74.7 cm³/mol. The molecular formula is C14H18N4O4. The van der Waals surface area contributed by atoms with Gasteiger partial charge in [-0.2, -0.15) is 0 Å². The van der Waals surface area contributed by atoms with Gasteiger partial charge in [-0.25, -0.2) is 0 Å². The van der Waals surface area contributed by atoms with E-state index < -0.39 is 6.04 Å². The van der Waals surface area contributed by atoms with E-state index in [2.05, 4.69) is 10.5 Å². The van der Waals surface area contributed by atoms with Crippen molar-refractivity contribution in [1.82, 2.24) is 20.3 Å². The Morgan fingerprint density at radius 2 is 2.14 bits per heavy atom. The first-order valence-corrected chi connectivity index (χ1v) is 7.23. The Morgan fingerprint density at radius 3 is 2.73 bits per heavy atom. The molecule has 3 rings (SSSR count). The molecule has 0 saturated carbocycles.